The second-order valence-electron chi connectivity index (χ2n) is 9.54. The molecule has 4 aromatic rings. The maximum absolute atomic E-state index is 12.5. The largest absolute Gasteiger partial charge is 0.369 e. The molecule has 1 saturated heterocycles. The number of nitrogens with two attached hydrogens (primary N) is 1. The molecule has 0 atom stereocenters. The number of nitrogens with zero attached hydrogens (tertiary/aromatic N) is 5. The van der Waals surface area contributed by atoms with Crippen molar-refractivity contribution in [3.63, 3.8) is 0 Å². The third kappa shape index (κ3) is 4.19. The monoisotopic (exact) mass is 471 g/mol. The van der Waals surface area contributed by atoms with Gasteiger partial charge in [0.25, 0.3) is 5.56 Å². The number of H-pyrrole nitrogens is 1. The maximum atomic E-state index is 12.5. The zero-order valence-electron chi connectivity index (χ0n) is 20.2. The normalized spacial score (nSPS) is 15.0. The summed E-state index contributed by atoms with van der Waals surface area (Å²) in [5.74, 6) is -0.585. The second kappa shape index (κ2) is 8.66. The number of rotatable bonds is 5. The van der Waals surface area contributed by atoms with Crippen LogP contribution in [0.3, 0.4) is 0 Å². The smallest absolute Gasteiger partial charge is 0.251 e. The number of piperazine rings is 1. The number of amides is 1. The van der Waals surface area contributed by atoms with Gasteiger partial charge in [0.2, 0.25) is 5.91 Å². The minimum atomic E-state index is -1.17. The van der Waals surface area contributed by atoms with Crippen molar-refractivity contribution < 1.29 is 4.79 Å². The molecule has 1 aliphatic heterocycles. The van der Waals surface area contributed by atoms with Crippen LogP contribution in [-0.4, -0.2) is 63.6 Å². The molecule has 4 heterocycles. The summed E-state index contributed by atoms with van der Waals surface area (Å²) in [6, 6.07) is 11.6. The molecule has 0 aliphatic carbocycles. The van der Waals surface area contributed by atoms with E-state index in [2.05, 4.69) is 51.1 Å². The lowest BCUT2D eigenvalue weighted by atomic mass is 10.0. The highest BCUT2D eigenvalue weighted by Gasteiger charge is 2.28. The van der Waals surface area contributed by atoms with E-state index in [1.54, 1.807) is 32.3 Å². The van der Waals surface area contributed by atoms with E-state index < -0.39 is 11.4 Å². The van der Waals surface area contributed by atoms with Crippen LogP contribution in [0.5, 0.6) is 0 Å². The van der Waals surface area contributed by atoms with Gasteiger partial charge in [-0.15, -0.1) is 0 Å². The number of aromatic amines is 1. The topological polar surface area (TPSA) is 113 Å². The van der Waals surface area contributed by atoms with Crippen molar-refractivity contribution in [2.24, 2.45) is 5.73 Å². The first kappa shape index (κ1) is 22.8. The molecule has 1 amide bonds. The molecule has 3 aromatic heterocycles. The molecular weight excluding hydrogens is 442 g/mol. The van der Waals surface area contributed by atoms with Crippen molar-refractivity contribution in [2.75, 3.05) is 38.1 Å². The summed E-state index contributed by atoms with van der Waals surface area (Å²) < 4.78 is 1.36. The number of primary amides is 1. The van der Waals surface area contributed by atoms with Crippen LogP contribution in [0, 0.1) is 0 Å². The Kier molecular flexibility index (Phi) is 5.64. The zero-order valence-corrected chi connectivity index (χ0v) is 20.2. The van der Waals surface area contributed by atoms with Gasteiger partial charge in [0.15, 0.2) is 5.65 Å². The van der Waals surface area contributed by atoms with Crippen molar-refractivity contribution >= 4 is 22.8 Å². The van der Waals surface area contributed by atoms with Gasteiger partial charge in [0, 0.05) is 67.0 Å². The average Bonchev–Trinajstić information content (AvgIpc) is 3.28. The minimum absolute atomic E-state index is 0.301. The first-order chi connectivity index (χ1) is 16.7. The molecule has 0 bridgehead atoms. The average molecular weight is 472 g/mol. The van der Waals surface area contributed by atoms with Gasteiger partial charge in [-0.3, -0.25) is 9.59 Å². The van der Waals surface area contributed by atoms with Crippen LogP contribution in [-0.2, 0) is 10.3 Å². The van der Waals surface area contributed by atoms with Crippen LogP contribution in [0.2, 0.25) is 0 Å². The lowest BCUT2D eigenvalue weighted by molar-refractivity contribution is -0.125. The van der Waals surface area contributed by atoms with Crippen LogP contribution in [0.25, 0.3) is 33.5 Å². The van der Waals surface area contributed by atoms with Gasteiger partial charge in [-0.25, -0.2) is 9.97 Å². The number of aromatic nitrogens is 4. The Bertz CT molecular complexity index is 1440. The number of hydrogen-bond acceptors (Lipinski definition) is 6. The number of carbonyl (C=O) groups excluding carboxylic acids is 1. The highest BCUT2D eigenvalue weighted by atomic mass is 16.2. The van der Waals surface area contributed by atoms with Crippen molar-refractivity contribution in [3.8, 4) is 22.4 Å². The Morgan fingerprint density at radius 2 is 1.71 bits per heavy atom. The molecule has 9 nitrogen and oxygen atoms in total. The number of nitrogens with one attached hydrogen (secondary N) is 1. The zero-order chi connectivity index (χ0) is 24.7. The summed E-state index contributed by atoms with van der Waals surface area (Å²) in [5, 5.41) is 0. The molecule has 9 heteroatoms. The molecule has 180 valence electrons. The molecular formula is C26H29N7O2. The standard InChI is InChI=1S/C26H29N7O2/c1-26(2,25(27)35)33-16-18(6-9-22(33)34)20-14-28-24-23(20)30-21(15-29-24)17-4-7-19(8-5-17)32-12-10-31(3)11-13-32/h4-9,14-16H,10-13H2,1-3H3,(H2,27,35)(H,28,29). The predicted molar refractivity (Wildman–Crippen MR) is 137 cm³/mol. The minimum Gasteiger partial charge on any atom is -0.369 e. The number of anilines is 1. The third-order valence-electron chi connectivity index (χ3n) is 6.84. The molecule has 1 aromatic carbocycles. The van der Waals surface area contributed by atoms with Crippen LogP contribution in [0.1, 0.15) is 13.8 Å². The number of benzene rings is 1. The number of carbonyl (C=O) groups is 1. The summed E-state index contributed by atoms with van der Waals surface area (Å²) >= 11 is 0. The van der Waals surface area contributed by atoms with E-state index in [4.69, 9.17) is 10.7 Å². The molecule has 0 saturated carbocycles. The Balaban J connectivity index is 1.49. The summed E-state index contributed by atoms with van der Waals surface area (Å²) in [6.45, 7) is 7.40. The van der Waals surface area contributed by atoms with Crippen molar-refractivity contribution in [1.29, 1.82) is 0 Å². The maximum Gasteiger partial charge on any atom is 0.251 e. The van der Waals surface area contributed by atoms with Crippen molar-refractivity contribution in [3.05, 3.63) is 65.3 Å². The van der Waals surface area contributed by atoms with E-state index in [1.807, 2.05) is 6.20 Å². The molecule has 0 radical (unpaired) electrons. The molecule has 0 unspecified atom stereocenters. The number of hydrogen-bond donors (Lipinski definition) is 2. The summed E-state index contributed by atoms with van der Waals surface area (Å²) in [7, 11) is 2.15. The lowest BCUT2D eigenvalue weighted by Gasteiger charge is -2.34. The number of fused-ring (bicyclic) bond motifs is 1. The van der Waals surface area contributed by atoms with Crippen LogP contribution < -0.4 is 16.2 Å². The Hall–Kier alpha value is -3.98. The molecule has 3 N–H and O–H groups in total. The Labute approximate surface area is 203 Å². The van der Waals surface area contributed by atoms with Gasteiger partial charge in [-0.2, -0.15) is 0 Å². The Morgan fingerprint density at radius 1 is 1.03 bits per heavy atom. The van der Waals surface area contributed by atoms with Gasteiger partial charge in [-0.05, 0) is 39.1 Å². The fourth-order valence-corrected chi connectivity index (χ4v) is 4.36. The highest BCUT2D eigenvalue weighted by Crippen LogP contribution is 2.29. The van der Waals surface area contributed by atoms with E-state index in [0.717, 1.165) is 48.6 Å². The van der Waals surface area contributed by atoms with Crippen molar-refractivity contribution in [1.82, 2.24) is 24.4 Å². The molecule has 1 aliphatic rings. The van der Waals surface area contributed by atoms with Crippen molar-refractivity contribution in [2.45, 2.75) is 19.4 Å². The fourth-order valence-electron chi connectivity index (χ4n) is 4.36. The number of pyridine rings is 1. The predicted octanol–water partition coefficient (Wildman–Crippen LogP) is 2.43. The first-order valence-electron chi connectivity index (χ1n) is 11.7. The van der Waals surface area contributed by atoms with E-state index in [0.29, 0.717) is 11.2 Å². The first-order valence-corrected chi connectivity index (χ1v) is 11.7. The van der Waals surface area contributed by atoms with Gasteiger partial charge in [0.1, 0.15) is 11.1 Å². The van der Waals surface area contributed by atoms with Gasteiger partial charge in [-0.1, -0.05) is 12.1 Å². The van der Waals surface area contributed by atoms with E-state index in [1.165, 1.54) is 16.3 Å². The van der Waals surface area contributed by atoms with Gasteiger partial charge < -0.3 is 25.1 Å². The third-order valence-corrected chi connectivity index (χ3v) is 6.84. The van der Waals surface area contributed by atoms with Crippen LogP contribution >= 0.6 is 0 Å². The molecule has 35 heavy (non-hydrogen) atoms. The van der Waals surface area contributed by atoms with Gasteiger partial charge >= 0.3 is 0 Å². The van der Waals surface area contributed by atoms with Crippen LogP contribution in [0.4, 0.5) is 5.69 Å². The van der Waals surface area contributed by atoms with Crippen LogP contribution in [0.15, 0.2) is 59.8 Å². The molecule has 0 spiro atoms. The molecule has 1 fully saturated rings. The summed E-state index contributed by atoms with van der Waals surface area (Å²) in [6.07, 6.45) is 5.21. The quantitative estimate of drug-likeness (QED) is 0.462. The SMILES string of the molecule is CN1CCN(c2ccc(-c3cnc4[nH]cc(-c5ccc(=O)n(C(C)(C)C(N)=O)c5)c4n3)cc2)CC1. The Morgan fingerprint density at radius 3 is 2.40 bits per heavy atom. The highest BCUT2D eigenvalue weighted by molar-refractivity contribution is 5.91. The summed E-state index contributed by atoms with van der Waals surface area (Å²) in [5.41, 5.74) is 9.88. The summed E-state index contributed by atoms with van der Waals surface area (Å²) in [4.78, 5) is 41.8. The van der Waals surface area contributed by atoms with E-state index in [-0.39, 0.29) is 5.56 Å². The molecule has 5 rings (SSSR count). The second-order valence-corrected chi connectivity index (χ2v) is 9.54. The van der Waals surface area contributed by atoms with Gasteiger partial charge in [0.05, 0.1) is 11.9 Å². The lowest BCUT2D eigenvalue weighted by Crippen LogP contribution is -2.46. The van der Waals surface area contributed by atoms with E-state index >= 15 is 0 Å². The number of likely N-dealkylation sites (N-methyl/N-ethyl adjacent to an activating group) is 1. The van der Waals surface area contributed by atoms with E-state index in [9.17, 15) is 9.59 Å². The fraction of sp³-hybridized carbons (Fsp3) is 0.308.